The van der Waals surface area contributed by atoms with Gasteiger partial charge < -0.3 is 10.2 Å². The summed E-state index contributed by atoms with van der Waals surface area (Å²) in [5.74, 6) is -0.251. The Labute approximate surface area is 115 Å². The fourth-order valence-corrected chi connectivity index (χ4v) is 2.37. The summed E-state index contributed by atoms with van der Waals surface area (Å²) < 4.78 is 0. The lowest BCUT2D eigenvalue weighted by Crippen LogP contribution is -2.38. The number of nitrogens with zero attached hydrogens (tertiary/aromatic N) is 2. The Morgan fingerprint density at radius 1 is 1.53 bits per heavy atom. The molecule has 102 valence electrons. The molecule has 2 rings (SSSR count). The van der Waals surface area contributed by atoms with E-state index in [1.165, 1.54) is 18.2 Å². The van der Waals surface area contributed by atoms with Crippen LogP contribution in [0.5, 0.6) is 0 Å². The monoisotopic (exact) mass is 283 g/mol. The summed E-state index contributed by atoms with van der Waals surface area (Å²) in [7, 11) is 1.70. The van der Waals surface area contributed by atoms with Gasteiger partial charge in [-0.05, 0) is 19.0 Å². The average Bonchev–Trinajstić information content (AvgIpc) is 2.90. The maximum atomic E-state index is 12.3. The van der Waals surface area contributed by atoms with E-state index < -0.39 is 4.92 Å². The van der Waals surface area contributed by atoms with Gasteiger partial charge in [0, 0.05) is 42.4 Å². The summed E-state index contributed by atoms with van der Waals surface area (Å²) in [6, 6.07) is 4.06. The molecule has 0 aliphatic carbocycles. The number of nitrogens with one attached hydrogen (secondary N) is 1. The molecule has 19 heavy (non-hydrogen) atoms. The van der Waals surface area contributed by atoms with Crippen molar-refractivity contribution in [3.05, 3.63) is 38.9 Å². The molecule has 0 saturated carbocycles. The second kappa shape index (κ2) is 5.54. The minimum Gasteiger partial charge on any atom is -0.337 e. The standard InChI is InChI=1S/C12H14ClN3O3/c1-15(10-2-3-14-7-10)12(17)8-4-9(13)6-11(5-8)16(18)19/h4-6,10,14H,2-3,7H2,1H3. The molecule has 1 aromatic carbocycles. The van der Waals surface area contributed by atoms with Crippen molar-refractivity contribution >= 4 is 23.2 Å². The van der Waals surface area contributed by atoms with Crippen LogP contribution in [0, 0.1) is 10.1 Å². The minimum absolute atomic E-state index is 0.116. The Hall–Kier alpha value is -1.66. The fourth-order valence-electron chi connectivity index (χ4n) is 2.14. The van der Waals surface area contributed by atoms with Crippen LogP contribution in [0.2, 0.25) is 5.02 Å². The normalized spacial score (nSPS) is 18.3. The number of amides is 1. The highest BCUT2D eigenvalue weighted by molar-refractivity contribution is 6.31. The number of carbonyl (C=O) groups excluding carboxylic acids is 1. The summed E-state index contributed by atoms with van der Waals surface area (Å²) in [5.41, 5.74) is 0.0717. The maximum Gasteiger partial charge on any atom is 0.271 e. The van der Waals surface area contributed by atoms with E-state index >= 15 is 0 Å². The summed E-state index contributed by atoms with van der Waals surface area (Å²) in [4.78, 5) is 24.1. The summed E-state index contributed by atoms with van der Waals surface area (Å²) in [5, 5.41) is 14.1. The van der Waals surface area contributed by atoms with Crippen molar-refractivity contribution in [3.8, 4) is 0 Å². The molecule has 1 N–H and O–H groups in total. The Balaban J connectivity index is 2.25. The molecule has 0 bridgehead atoms. The van der Waals surface area contributed by atoms with Crippen LogP contribution in [0.3, 0.4) is 0 Å². The van der Waals surface area contributed by atoms with Gasteiger partial charge in [0.15, 0.2) is 0 Å². The molecule has 1 amide bonds. The Morgan fingerprint density at radius 2 is 2.26 bits per heavy atom. The number of rotatable bonds is 3. The second-order valence-electron chi connectivity index (χ2n) is 4.52. The van der Waals surface area contributed by atoms with Crippen LogP contribution in [0.25, 0.3) is 0 Å². The molecule has 1 aliphatic heterocycles. The largest absolute Gasteiger partial charge is 0.337 e. The quantitative estimate of drug-likeness (QED) is 0.676. The van der Waals surface area contributed by atoms with Gasteiger partial charge in [0.2, 0.25) is 0 Å². The fraction of sp³-hybridized carbons (Fsp3) is 0.417. The molecule has 1 aliphatic rings. The number of carbonyl (C=O) groups is 1. The molecule has 1 atom stereocenters. The van der Waals surface area contributed by atoms with Gasteiger partial charge in [-0.3, -0.25) is 14.9 Å². The third-order valence-corrected chi connectivity index (χ3v) is 3.46. The maximum absolute atomic E-state index is 12.3. The lowest BCUT2D eigenvalue weighted by molar-refractivity contribution is -0.384. The SMILES string of the molecule is CN(C(=O)c1cc(Cl)cc([N+](=O)[O-])c1)C1CCNC1. The van der Waals surface area contributed by atoms with Crippen LogP contribution in [0.15, 0.2) is 18.2 Å². The van der Waals surface area contributed by atoms with Gasteiger partial charge in [0.1, 0.15) is 0 Å². The zero-order valence-corrected chi connectivity index (χ0v) is 11.2. The van der Waals surface area contributed by atoms with Crippen LogP contribution < -0.4 is 5.32 Å². The highest BCUT2D eigenvalue weighted by Crippen LogP contribution is 2.22. The molecule has 1 aromatic rings. The highest BCUT2D eigenvalue weighted by atomic mass is 35.5. The van der Waals surface area contributed by atoms with Gasteiger partial charge in [0.25, 0.3) is 11.6 Å². The molecular weight excluding hydrogens is 270 g/mol. The molecule has 7 heteroatoms. The Bertz CT molecular complexity index is 515. The molecule has 0 radical (unpaired) electrons. The van der Waals surface area contributed by atoms with E-state index in [0.29, 0.717) is 0 Å². The lowest BCUT2D eigenvalue weighted by Gasteiger charge is -2.23. The number of nitro benzene ring substituents is 1. The first-order valence-corrected chi connectivity index (χ1v) is 6.29. The molecule has 0 aromatic heterocycles. The smallest absolute Gasteiger partial charge is 0.271 e. The van der Waals surface area contributed by atoms with Crippen molar-refractivity contribution in [1.29, 1.82) is 0 Å². The van der Waals surface area contributed by atoms with Crippen molar-refractivity contribution < 1.29 is 9.72 Å². The Morgan fingerprint density at radius 3 is 2.84 bits per heavy atom. The van der Waals surface area contributed by atoms with Crippen molar-refractivity contribution in [2.75, 3.05) is 20.1 Å². The number of hydrogen-bond donors (Lipinski definition) is 1. The number of hydrogen-bond acceptors (Lipinski definition) is 4. The number of halogens is 1. The first-order chi connectivity index (χ1) is 8.99. The number of likely N-dealkylation sites (N-methyl/N-ethyl adjacent to an activating group) is 1. The summed E-state index contributed by atoms with van der Waals surface area (Å²) in [6.45, 7) is 1.61. The van der Waals surface area contributed by atoms with Crippen molar-refractivity contribution in [3.63, 3.8) is 0 Å². The molecule has 1 saturated heterocycles. The molecule has 0 spiro atoms. The topological polar surface area (TPSA) is 75.5 Å². The molecular formula is C12H14ClN3O3. The summed E-state index contributed by atoms with van der Waals surface area (Å²) >= 11 is 5.81. The highest BCUT2D eigenvalue weighted by Gasteiger charge is 2.25. The number of non-ortho nitro benzene ring substituents is 1. The van der Waals surface area contributed by atoms with Gasteiger partial charge in [-0.2, -0.15) is 0 Å². The van der Waals surface area contributed by atoms with Crippen LogP contribution >= 0.6 is 11.6 Å². The molecule has 6 nitrogen and oxygen atoms in total. The van der Waals surface area contributed by atoms with E-state index in [9.17, 15) is 14.9 Å². The predicted octanol–water partition coefficient (Wildman–Crippen LogP) is 1.68. The third-order valence-electron chi connectivity index (χ3n) is 3.24. The van der Waals surface area contributed by atoms with Gasteiger partial charge in [-0.25, -0.2) is 0 Å². The lowest BCUT2D eigenvalue weighted by atomic mass is 10.1. The minimum atomic E-state index is -0.556. The zero-order valence-electron chi connectivity index (χ0n) is 10.4. The van der Waals surface area contributed by atoms with E-state index in [-0.39, 0.29) is 28.2 Å². The van der Waals surface area contributed by atoms with Gasteiger partial charge in [-0.15, -0.1) is 0 Å². The van der Waals surface area contributed by atoms with Crippen LogP contribution in [-0.2, 0) is 0 Å². The van der Waals surface area contributed by atoms with Gasteiger partial charge in [0.05, 0.1) is 4.92 Å². The van der Waals surface area contributed by atoms with Crippen molar-refractivity contribution in [2.24, 2.45) is 0 Å². The first kappa shape index (κ1) is 13.8. The third kappa shape index (κ3) is 3.02. The van der Waals surface area contributed by atoms with E-state index in [4.69, 9.17) is 11.6 Å². The number of nitro groups is 1. The zero-order chi connectivity index (χ0) is 14.0. The number of benzene rings is 1. The van der Waals surface area contributed by atoms with E-state index in [1.54, 1.807) is 11.9 Å². The first-order valence-electron chi connectivity index (χ1n) is 5.92. The average molecular weight is 284 g/mol. The predicted molar refractivity (Wildman–Crippen MR) is 71.5 cm³/mol. The van der Waals surface area contributed by atoms with E-state index in [2.05, 4.69) is 5.32 Å². The van der Waals surface area contributed by atoms with Crippen LogP contribution in [0.4, 0.5) is 5.69 Å². The molecule has 1 unspecified atom stereocenters. The van der Waals surface area contributed by atoms with Gasteiger partial charge in [-0.1, -0.05) is 11.6 Å². The second-order valence-corrected chi connectivity index (χ2v) is 4.95. The van der Waals surface area contributed by atoms with E-state index in [0.717, 1.165) is 19.5 Å². The van der Waals surface area contributed by atoms with Crippen molar-refractivity contribution in [1.82, 2.24) is 10.2 Å². The van der Waals surface area contributed by atoms with E-state index in [1.807, 2.05) is 0 Å². The van der Waals surface area contributed by atoms with Crippen LogP contribution in [-0.4, -0.2) is 41.9 Å². The molecule has 1 fully saturated rings. The summed E-state index contributed by atoms with van der Waals surface area (Å²) in [6.07, 6.45) is 0.880. The van der Waals surface area contributed by atoms with Gasteiger partial charge >= 0.3 is 0 Å². The van der Waals surface area contributed by atoms with Crippen LogP contribution in [0.1, 0.15) is 16.8 Å². The van der Waals surface area contributed by atoms with Crippen molar-refractivity contribution in [2.45, 2.75) is 12.5 Å². The molecule has 1 heterocycles. The Kier molecular flexibility index (Phi) is 4.01.